The van der Waals surface area contributed by atoms with Crippen LogP contribution in [0.3, 0.4) is 0 Å². The molecule has 5 rings (SSSR count). The molecule has 36 heavy (non-hydrogen) atoms. The SMILES string of the molecule is CN1CC(C2=CN(c3cc4c(cc3F)[S+]([O-])C[C@H](N)CN4Cc3ccc(Cl)cc3)NO2)CC(F)(F)C1. The number of nitrogens with one attached hydrogen (secondary N) is 1. The molecule has 194 valence electrons. The topological polar surface area (TPSA) is 80.1 Å². The number of nitrogens with two attached hydrogens (primary N) is 1. The second-order valence-corrected chi connectivity index (χ2v) is 11.5. The van der Waals surface area contributed by atoms with Crippen molar-refractivity contribution < 1.29 is 22.6 Å². The lowest BCUT2D eigenvalue weighted by Crippen LogP contribution is -2.45. The Morgan fingerprint density at radius 2 is 1.97 bits per heavy atom. The van der Waals surface area contributed by atoms with Crippen LogP contribution in [0.5, 0.6) is 0 Å². The van der Waals surface area contributed by atoms with Crippen molar-refractivity contribution in [2.24, 2.45) is 11.7 Å². The van der Waals surface area contributed by atoms with Crippen LogP contribution in [-0.2, 0) is 22.6 Å². The fourth-order valence-electron chi connectivity index (χ4n) is 4.93. The number of hydrazine groups is 1. The molecule has 0 spiro atoms. The first-order chi connectivity index (χ1) is 17.1. The maximum atomic E-state index is 15.3. The first kappa shape index (κ1) is 25.5. The largest absolute Gasteiger partial charge is 0.611 e. The summed E-state index contributed by atoms with van der Waals surface area (Å²) in [4.78, 5) is 9.38. The lowest BCUT2D eigenvalue weighted by molar-refractivity contribution is -0.0811. The van der Waals surface area contributed by atoms with Crippen LogP contribution in [0.2, 0.25) is 5.02 Å². The van der Waals surface area contributed by atoms with Gasteiger partial charge in [-0.05, 0) is 42.0 Å². The number of halogens is 4. The Hall–Kier alpha value is -2.15. The van der Waals surface area contributed by atoms with Crippen molar-refractivity contribution in [2.75, 3.05) is 42.3 Å². The lowest BCUT2D eigenvalue weighted by Gasteiger charge is -2.34. The van der Waals surface area contributed by atoms with Crippen LogP contribution < -0.4 is 21.2 Å². The fourth-order valence-corrected chi connectivity index (χ4v) is 6.39. The van der Waals surface area contributed by atoms with Crippen LogP contribution in [0, 0.1) is 11.7 Å². The number of anilines is 2. The summed E-state index contributed by atoms with van der Waals surface area (Å²) in [5.74, 6) is -3.49. The van der Waals surface area contributed by atoms with Gasteiger partial charge < -0.3 is 20.0 Å². The highest BCUT2D eigenvalue weighted by molar-refractivity contribution is 7.91. The Morgan fingerprint density at radius 3 is 2.69 bits per heavy atom. The van der Waals surface area contributed by atoms with Crippen molar-refractivity contribution in [2.45, 2.75) is 29.8 Å². The number of piperidine rings is 1. The van der Waals surface area contributed by atoms with Gasteiger partial charge in [-0.3, -0.25) is 4.90 Å². The van der Waals surface area contributed by atoms with Gasteiger partial charge >= 0.3 is 0 Å². The van der Waals surface area contributed by atoms with Crippen LogP contribution in [0.4, 0.5) is 24.5 Å². The molecule has 3 heterocycles. The van der Waals surface area contributed by atoms with Crippen LogP contribution in [-0.4, -0.2) is 53.9 Å². The van der Waals surface area contributed by atoms with E-state index in [4.69, 9.17) is 22.2 Å². The third-order valence-electron chi connectivity index (χ3n) is 6.48. The first-order valence-corrected chi connectivity index (χ1v) is 13.2. The predicted octanol–water partition coefficient (Wildman–Crippen LogP) is 3.62. The number of fused-ring (bicyclic) bond motifs is 1. The van der Waals surface area contributed by atoms with Crippen molar-refractivity contribution in [1.82, 2.24) is 10.5 Å². The van der Waals surface area contributed by atoms with Crippen LogP contribution in [0.1, 0.15) is 12.0 Å². The van der Waals surface area contributed by atoms with E-state index >= 15 is 4.39 Å². The van der Waals surface area contributed by atoms with E-state index in [0.717, 1.165) is 5.56 Å². The van der Waals surface area contributed by atoms with Gasteiger partial charge in [-0.25, -0.2) is 18.2 Å². The van der Waals surface area contributed by atoms with Crippen molar-refractivity contribution in [3.05, 3.63) is 64.8 Å². The van der Waals surface area contributed by atoms with Gasteiger partial charge in [0.1, 0.15) is 11.5 Å². The molecular formula is C24H27ClF3N5O2S. The molecule has 3 N–H and O–H groups in total. The highest BCUT2D eigenvalue weighted by Crippen LogP contribution is 2.39. The average Bonchev–Trinajstić information content (AvgIpc) is 3.25. The molecule has 3 atom stereocenters. The second kappa shape index (κ2) is 9.96. The summed E-state index contributed by atoms with van der Waals surface area (Å²) >= 11 is 4.53. The molecule has 12 heteroatoms. The normalized spacial score (nSPS) is 26.3. The molecule has 0 amide bonds. The van der Waals surface area contributed by atoms with Gasteiger partial charge in [0.05, 0.1) is 30.2 Å². The molecule has 2 aromatic rings. The van der Waals surface area contributed by atoms with E-state index in [1.807, 2.05) is 17.0 Å². The molecule has 2 aromatic carbocycles. The van der Waals surface area contributed by atoms with E-state index in [9.17, 15) is 13.3 Å². The van der Waals surface area contributed by atoms with E-state index in [2.05, 4.69) is 5.59 Å². The summed E-state index contributed by atoms with van der Waals surface area (Å²) in [6.45, 7) is 0.959. The quantitative estimate of drug-likeness (QED) is 0.572. The molecule has 3 aliphatic rings. The maximum Gasteiger partial charge on any atom is 0.261 e. The zero-order valence-corrected chi connectivity index (χ0v) is 21.2. The lowest BCUT2D eigenvalue weighted by atomic mass is 9.94. The molecule has 0 bridgehead atoms. The Morgan fingerprint density at radius 1 is 1.22 bits per heavy atom. The fraction of sp³-hybridized carbons (Fsp3) is 0.417. The number of hydrogen-bond donors (Lipinski definition) is 2. The van der Waals surface area contributed by atoms with Crippen LogP contribution >= 0.6 is 11.6 Å². The first-order valence-electron chi connectivity index (χ1n) is 11.5. The van der Waals surface area contributed by atoms with Crippen LogP contribution in [0.25, 0.3) is 0 Å². The molecule has 0 radical (unpaired) electrons. The van der Waals surface area contributed by atoms with Crippen molar-refractivity contribution in [1.29, 1.82) is 0 Å². The average molecular weight is 542 g/mol. The molecule has 1 saturated heterocycles. The van der Waals surface area contributed by atoms with Gasteiger partial charge in [-0.2, -0.15) is 0 Å². The molecule has 0 aliphatic carbocycles. The zero-order chi connectivity index (χ0) is 25.6. The molecular weight excluding hydrogens is 515 g/mol. The Kier molecular flexibility index (Phi) is 7.05. The predicted molar refractivity (Wildman–Crippen MR) is 133 cm³/mol. The number of nitrogens with zero attached hydrogens (tertiary/aromatic N) is 3. The monoisotopic (exact) mass is 541 g/mol. The molecule has 7 nitrogen and oxygen atoms in total. The minimum Gasteiger partial charge on any atom is -0.611 e. The summed E-state index contributed by atoms with van der Waals surface area (Å²) in [5.41, 5.74) is 10.5. The summed E-state index contributed by atoms with van der Waals surface area (Å²) in [5, 5.41) is 1.94. The zero-order valence-electron chi connectivity index (χ0n) is 19.6. The van der Waals surface area contributed by atoms with Gasteiger partial charge in [-0.1, -0.05) is 29.3 Å². The van der Waals surface area contributed by atoms with Gasteiger partial charge in [0.15, 0.2) is 10.7 Å². The molecule has 0 saturated carbocycles. The van der Waals surface area contributed by atoms with Crippen molar-refractivity contribution in [3.8, 4) is 0 Å². The van der Waals surface area contributed by atoms with Gasteiger partial charge in [0.25, 0.3) is 5.92 Å². The Bertz CT molecular complexity index is 1160. The highest BCUT2D eigenvalue weighted by Gasteiger charge is 2.42. The number of benzene rings is 2. The van der Waals surface area contributed by atoms with E-state index in [1.54, 1.807) is 30.1 Å². The molecule has 2 unspecified atom stereocenters. The van der Waals surface area contributed by atoms with E-state index in [0.29, 0.717) is 41.0 Å². The second-order valence-electron chi connectivity index (χ2n) is 9.60. The summed E-state index contributed by atoms with van der Waals surface area (Å²) < 4.78 is 56.5. The summed E-state index contributed by atoms with van der Waals surface area (Å²) in [6, 6.07) is 9.82. The Labute approximate surface area is 215 Å². The molecule has 0 aromatic heterocycles. The molecule has 3 aliphatic heterocycles. The minimum atomic E-state index is -2.84. The highest BCUT2D eigenvalue weighted by atomic mass is 35.5. The number of hydrogen-bond acceptors (Lipinski definition) is 7. The number of rotatable bonds is 4. The third kappa shape index (κ3) is 5.41. The number of likely N-dealkylation sites (tertiary alicyclic amines) is 1. The van der Waals surface area contributed by atoms with Gasteiger partial charge in [-0.15, -0.1) is 0 Å². The number of alkyl halides is 2. The summed E-state index contributed by atoms with van der Waals surface area (Å²) in [7, 11) is 1.63. The summed E-state index contributed by atoms with van der Waals surface area (Å²) in [6.07, 6.45) is 1.14. The van der Waals surface area contributed by atoms with Gasteiger partial charge in [0.2, 0.25) is 0 Å². The van der Waals surface area contributed by atoms with E-state index < -0.39 is 28.8 Å². The van der Waals surface area contributed by atoms with E-state index in [-0.39, 0.29) is 30.4 Å². The van der Waals surface area contributed by atoms with Crippen molar-refractivity contribution in [3.63, 3.8) is 0 Å². The smallest absolute Gasteiger partial charge is 0.261 e. The standard InChI is InChI=1S/C24H27ClF3N5O2S/c1-31-10-16(8-24(27,28)14-31)22-12-33(30-35-22)20-7-21-23(6-19(20)26)36(34)13-18(29)11-32(21)9-15-2-4-17(25)5-3-15/h2-7,12,16,18,30H,8-11,13-14,29H2,1H3/t16?,18-,36?/m1/s1. The minimum absolute atomic E-state index is 0.119. The van der Waals surface area contributed by atoms with Gasteiger partial charge in [0, 0.05) is 43.1 Å². The Balaban J connectivity index is 1.46. The molecule has 1 fully saturated rings. The van der Waals surface area contributed by atoms with Crippen molar-refractivity contribution >= 4 is 34.2 Å². The maximum absolute atomic E-state index is 15.3. The van der Waals surface area contributed by atoms with Crippen LogP contribution in [0.15, 0.2) is 53.3 Å². The van der Waals surface area contributed by atoms with E-state index in [1.165, 1.54) is 17.3 Å². The third-order valence-corrected chi connectivity index (χ3v) is 8.28.